The van der Waals surface area contributed by atoms with Gasteiger partial charge < -0.3 is 15.5 Å². The van der Waals surface area contributed by atoms with E-state index in [0.29, 0.717) is 13.1 Å². The second-order valence-electron chi connectivity index (χ2n) is 10.5. The molecule has 0 radical (unpaired) electrons. The molecule has 0 saturated carbocycles. The molecule has 3 atom stereocenters. The van der Waals surface area contributed by atoms with Gasteiger partial charge in [0.1, 0.15) is 6.04 Å². The van der Waals surface area contributed by atoms with Gasteiger partial charge in [-0.1, -0.05) is 81.4 Å². The molecule has 2 aliphatic heterocycles. The minimum atomic E-state index is -0.363. The summed E-state index contributed by atoms with van der Waals surface area (Å²) in [5.74, 6) is 0.0618. The number of isocyanates is 1. The minimum Gasteiger partial charge on any atom is -0.350 e. The van der Waals surface area contributed by atoms with Gasteiger partial charge in [-0.3, -0.25) is 9.59 Å². The number of hydrogen-bond acceptors (Lipinski definition) is 5. The predicted octanol–water partition coefficient (Wildman–Crippen LogP) is 3.98. The van der Waals surface area contributed by atoms with Crippen LogP contribution in [0.25, 0.3) is 0 Å². The summed E-state index contributed by atoms with van der Waals surface area (Å²) in [6, 6.07) is 19.1. The van der Waals surface area contributed by atoms with E-state index in [1.54, 1.807) is 0 Å². The fraction of sp³-hybridized carbons (Fsp3) is 0.483. The standard InChI is InChI=1S/C21H31N3O2.C8H7NO/c1-21(2,3)18-12-11-17(24(18)20(26)16-10-7-13-22-16)19(25)23-14-15-8-5-4-6-9-15;10-7-9-6-8-4-2-1-3-5-8/h4-6,8-9,16-18,22H,7,10-14H2,1-3H3,(H,23,25);1-5H,6H2/t16-,17?,18+;/m0./s1. The van der Waals surface area contributed by atoms with Crippen molar-refractivity contribution in [2.45, 2.75) is 77.7 Å². The number of benzene rings is 2. The molecule has 2 aromatic rings. The highest BCUT2D eigenvalue weighted by Crippen LogP contribution is 2.37. The number of hydrogen-bond donors (Lipinski definition) is 2. The number of likely N-dealkylation sites (tertiary alicyclic amines) is 1. The average molecular weight is 491 g/mol. The second kappa shape index (κ2) is 13.1. The molecule has 0 spiro atoms. The van der Waals surface area contributed by atoms with E-state index in [4.69, 9.17) is 0 Å². The molecule has 7 nitrogen and oxygen atoms in total. The van der Waals surface area contributed by atoms with Crippen molar-refractivity contribution in [3.63, 3.8) is 0 Å². The summed E-state index contributed by atoms with van der Waals surface area (Å²) in [7, 11) is 0. The molecule has 2 aliphatic rings. The van der Waals surface area contributed by atoms with Gasteiger partial charge in [0.15, 0.2) is 0 Å². The Hall–Kier alpha value is -3.28. The van der Waals surface area contributed by atoms with Gasteiger partial charge >= 0.3 is 0 Å². The lowest BCUT2D eigenvalue weighted by Gasteiger charge is -2.38. The van der Waals surface area contributed by atoms with Gasteiger partial charge in [0.05, 0.1) is 12.6 Å². The summed E-state index contributed by atoms with van der Waals surface area (Å²) < 4.78 is 0. The Kier molecular flexibility index (Phi) is 9.97. The maximum Gasteiger partial charge on any atom is 0.243 e. The van der Waals surface area contributed by atoms with Crippen LogP contribution in [0.2, 0.25) is 0 Å². The first-order chi connectivity index (χ1) is 17.3. The van der Waals surface area contributed by atoms with E-state index in [-0.39, 0.29) is 35.4 Å². The van der Waals surface area contributed by atoms with Crippen molar-refractivity contribution in [3.8, 4) is 0 Å². The third-order valence-corrected chi connectivity index (χ3v) is 6.78. The molecule has 0 bridgehead atoms. The Balaban J connectivity index is 0.000000303. The molecule has 2 aromatic carbocycles. The van der Waals surface area contributed by atoms with Crippen molar-refractivity contribution >= 4 is 17.9 Å². The maximum absolute atomic E-state index is 13.2. The lowest BCUT2D eigenvalue weighted by atomic mass is 9.85. The summed E-state index contributed by atoms with van der Waals surface area (Å²) >= 11 is 0. The molecule has 2 amide bonds. The first-order valence-corrected chi connectivity index (χ1v) is 12.8. The quantitative estimate of drug-likeness (QED) is 0.473. The summed E-state index contributed by atoms with van der Waals surface area (Å²) in [6.07, 6.45) is 5.00. The number of rotatable bonds is 6. The summed E-state index contributed by atoms with van der Waals surface area (Å²) in [5.41, 5.74) is 2.07. The Labute approximate surface area is 214 Å². The summed E-state index contributed by atoms with van der Waals surface area (Å²) in [5, 5.41) is 6.33. The van der Waals surface area contributed by atoms with Gasteiger partial charge in [-0.15, -0.1) is 0 Å². The number of amides is 2. The monoisotopic (exact) mass is 490 g/mol. The molecule has 2 N–H and O–H groups in total. The summed E-state index contributed by atoms with van der Waals surface area (Å²) in [6.45, 7) is 8.29. The van der Waals surface area contributed by atoms with Gasteiger partial charge in [-0.2, -0.15) is 0 Å². The predicted molar refractivity (Wildman–Crippen MR) is 141 cm³/mol. The van der Waals surface area contributed by atoms with Crippen LogP contribution in [0, 0.1) is 5.41 Å². The molecule has 7 heteroatoms. The zero-order valence-corrected chi connectivity index (χ0v) is 21.6. The molecule has 2 saturated heterocycles. The van der Waals surface area contributed by atoms with Crippen molar-refractivity contribution < 1.29 is 14.4 Å². The summed E-state index contributed by atoms with van der Waals surface area (Å²) in [4.78, 5) is 41.1. The van der Waals surface area contributed by atoms with Gasteiger partial charge in [0, 0.05) is 12.6 Å². The van der Waals surface area contributed by atoms with Crippen molar-refractivity contribution in [3.05, 3.63) is 71.8 Å². The minimum absolute atomic E-state index is 0.0352. The van der Waals surface area contributed by atoms with Crippen LogP contribution in [0.5, 0.6) is 0 Å². The van der Waals surface area contributed by atoms with Gasteiger partial charge in [-0.25, -0.2) is 9.79 Å². The third-order valence-electron chi connectivity index (χ3n) is 6.78. The van der Waals surface area contributed by atoms with E-state index in [2.05, 4.69) is 36.4 Å². The normalized spacial score (nSPS) is 21.2. The van der Waals surface area contributed by atoms with Crippen LogP contribution in [0.15, 0.2) is 65.7 Å². The molecule has 192 valence electrons. The van der Waals surface area contributed by atoms with Gasteiger partial charge in [0.25, 0.3) is 0 Å². The van der Waals surface area contributed by atoms with Crippen molar-refractivity contribution in [1.29, 1.82) is 0 Å². The smallest absolute Gasteiger partial charge is 0.243 e. The Bertz CT molecular complexity index is 1020. The van der Waals surface area contributed by atoms with Crippen LogP contribution in [-0.4, -0.2) is 47.5 Å². The van der Waals surface area contributed by atoms with Crippen LogP contribution in [0.3, 0.4) is 0 Å². The number of carbonyl (C=O) groups excluding carboxylic acids is 3. The number of nitrogens with zero attached hydrogens (tertiary/aromatic N) is 2. The molecule has 2 fully saturated rings. The highest BCUT2D eigenvalue weighted by Gasteiger charge is 2.47. The van der Waals surface area contributed by atoms with Gasteiger partial charge in [-0.05, 0) is 48.8 Å². The van der Waals surface area contributed by atoms with Crippen LogP contribution < -0.4 is 10.6 Å². The molecule has 4 rings (SSSR count). The van der Waals surface area contributed by atoms with E-state index in [9.17, 15) is 14.4 Å². The highest BCUT2D eigenvalue weighted by atomic mass is 16.2. The number of aliphatic imine (C=N–C) groups is 1. The van der Waals surface area contributed by atoms with Crippen LogP contribution in [-0.2, 0) is 27.5 Å². The molecule has 36 heavy (non-hydrogen) atoms. The lowest BCUT2D eigenvalue weighted by molar-refractivity contribution is -0.143. The molecule has 0 aliphatic carbocycles. The topological polar surface area (TPSA) is 90.9 Å². The lowest BCUT2D eigenvalue weighted by Crippen LogP contribution is -2.56. The fourth-order valence-electron chi connectivity index (χ4n) is 4.91. The van der Waals surface area contributed by atoms with E-state index < -0.39 is 0 Å². The highest BCUT2D eigenvalue weighted by molar-refractivity contribution is 5.91. The second-order valence-corrected chi connectivity index (χ2v) is 10.5. The average Bonchev–Trinajstić information content (AvgIpc) is 3.58. The van der Waals surface area contributed by atoms with Crippen molar-refractivity contribution in [2.24, 2.45) is 10.4 Å². The first-order valence-electron chi connectivity index (χ1n) is 12.8. The molecule has 0 aromatic heterocycles. The fourth-order valence-corrected chi connectivity index (χ4v) is 4.91. The van der Waals surface area contributed by atoms with E-state index >= 15 is 0 Å². The van der Waals surface area contributed by atoms with E-state index in [1.165, 1.54) is 6.08 Å². The molecule has 2 heterocycles. The zero-order chi connectivity index (χ0) is 26.0. The van der Waals surface area contributed by atoms with E-state index in [1.807, 2.05) is 65.6 Å². The van der Waals surface area contributed by atoms with Crippen LogP contribution in [0.1, 0.15) is 57.6 Å². The molecular formula is C29H38N4O3. The Morgan fingerprint density at radius 3 is 2.19 bits per heavy atom. The van der Waals surface area contributed by atoms with E-state index in [0.717, 1.165) is 43.4 Å². The number of nitrogens with one attached hydrogen (secondary N) is 2. The maximum atomic E-state index is 13.2. The van der Waals surface area contributed by atoms with Crippen molar-refractivity contribution in [2.75, 3.05) is 6.54 Å². The van der Waals surface area contributed by atoms with Crippen LogP contribution >= 0.6 is 0 Å². The zero-order valence-electron chi connectivity index (χ0n) is 21.6. The first kappa shape index (κ1) is 27.3. The molecular weight excluding hydrogens is 452 g/mol. The Morgan fingerprint density at radius 1 is 1.00 bits per heavy atom. The third kappa shape index (κ3) is 7.61. The molecule has 1 unspecified atom stereocenters. The number of carbonyl (C=O) groups is 2. The Morgan fingerprint density at radius 2 is 1.64 bits per heavy atom. The van der Waals surface area contributed by atoms with Crippen LogP contribution in [0.4, 0.5) is 0 Å². The largest absolute Gasteiger partial charge is 0.350 e. The van der Waals surface area contributed by atoms with Gasteiger partial charge in [0.2, 0.25) is 17.9 Å². The SMILES string of the molecule is CC(C)(C)[C@H]1CCC(C(=O)NCc2ccccc2)N1C(=O)[C@@H]1CCCN1.O=C=NCc1ccccc1. The van der Waals surface area contributed by atoms with Crippen molar-refractivity contribution in [1.82, 2.24) is 15.5 Å².